The van der Waals surface area contributed by atoms with Gasteiger partial charge in [0.25, 0.3) is 0 Å². The first-order chi connectivity index (χ1) is 9.81. The molecular formula is C17H24N2O2. The predicted molar refractivity (Wildman–Crippen MR) is 84.6 cm³/mol. The molecule has 0 aliphatic rings. The van der Waals surface area contributed by atoms with Crippen molar-refractivity contribution in [2.45, 2.75) is 39.3 Å². The Bertz CT molecular complexity index is 518. The van der Waals surface area contributed by atoms with Crippen molar-refractivity contribution in [2.75, 3.05) is 13.2 Å². The lowest BCUT2D eigenvalue weighted by molar-refractivity contribution is -0.131. The molecule has 1 rings (SSSR count). The van der Waals surface area contributed by atoms with Crippen molar-refractivity contribution in [3.05, 3.63) is 35.4 Å². The van der Waals surface area contributed by atoms with Crippen molar-refractivity contribution in [3.8, 4) is 11.8 Å². The average Bonchev–Trinajstić information content (AvgIpc) is 2.42. The fraction of sp³-hybridized carbons (Fsp3) is 0.471. The van der Waals surface area contributed by atoms with Crippen molar-refractivity contribution in [1.82, 2.24) is 5.32 Å². The number of nitrogens with one attached hydrogen (secondary N) is 1. The second-order valence-corrected chi connectivity index (χ2v) is 5.82. The normalized spacial score (nSPS) is 12.2. The third-order valence-electron chi connectivity index (χ3n) is 2.76. The molecule has 0 radical (unpaired) electrons. The number of carbonyl (C=O) groups is 1. The largest absolute Gasteiger partial charge is 0.366 e. The molecule has 0 aliphatic carbocycles. The van der Waals surface area contributed by atoms with Crippen molar-refractivity contribution in [1.29, 1.82) is 0 Å². The van der Waals surface area contributed by atoms with E-state index in [1.807, 2.05) is 52.0 Å². The van der Waals surface area contributed by atoms with Crippen LogP contribution in [0.5, 0.6) is 0 Å². The first-order valence-electron chi connectivity index (χ1n) is 7.04. The number of hydrogen-bond donors (Lipinski definition) is 2. The Kier molecular flexibility index (Phi) is 6.41. The number of carbonyl (C=O) groups excluding carboxylic acids is 1. The van der Waals surface area contributed by atoms with E-state index in [9.17, 15) is 4.79 Å². The minimum Gasteiger partial charge on any atom is -0.366 e. The summed E-state index contributed by atoms with van der Waals surface area (Å²) in [7, 11) is 0. The third-order valence-corrected chi connectivity index (χ3v) is 2.76. The molecule has 0 saturated heterocycles. The highest BCUT2D eigenvalue weighted by molar-refractivity contribution is 5.77. The predicted octanol–water partition coefficient (Wildman–Crippen LogP) is 1.99. The molecule has 0 fully saturated rings. The molecule has 3 N–H and O–H groups in total. The molecule has 114 valence electrons. The van der Waals surface area contributed by atoms with E-state index in [1.165, 1.54) is 0 Å². The van der Waals surface area contributed by atoms with E-state index >= 15 is 0 Å². The summed E-state index contributed by atoms with van der Waals surface area (Å²) in [5.74, 6) is 5.65. The van der Waals surface area contributed by atoms with Gasteiger partial charge in [0.1, 0.15) is 6.61 Å². The maximum atomic E-state index is 11.8. The van der Waals surface area contributed by atoms with Gasteiger partial charge in [0.15, 0.2) is 0 Å². The maximum absolute atomic E-state index is 11.8. The number of ether oxygens (including phenoxy) is 1. The van der Waals surface area contributed by atoms with Gasteiger partial charge in [-0.05, 0) is 45.4 Å². The van der Waals surface area contributed by atoms with Crippen LogP contribution in [0.25, 0.3) is 0 Å². The zero-order valence-corrected chi connectivity index (χ0v) is 13.2. The summed E-state index contributed by atoms with van der Waals surface area (Å²) in [4.78, 5) is 11.8. The Morgan fingerprint density at radius 2 is 1.95 bits per heavy atom. The fourth-order valence-electron chi connectivity index (χ4n) is 1.66. The second kappa shape index (κ2) is 7.82. The monoisotopic (exact) mass is 288 g/mol. The van der Waals surface area contributed by atoms with Gasteiger partial charge in [0, 0.05) is 5.56 Å². The molecule has 0 spiro atoms. The zero-order valence-electron chi connectivity index (χ0n) is 13.2. The van der Waals surface area contributed by atoms with Crippen LogP contribution in [0.4, 0.5) is 0 Å². The molecule has 1 aromatic carbocycles. The second-order valence-electron chi connectivity index (χ2n) is 5.82. The molecule has 0 aromatic heterocycles. The van der Waals surface area contributed by atoms with Gasteiger partial charge in [-0.2, -0.15) is 0 Å². The lowest BCUT2D eigenvalue weighted by atomic mass is 10.1. The number of benzene rings is 1. The highest BCUT2D eigenvalue weighted by Crippen LogP contribution is 2.13. The maximum Gasteiger partial charge on any atom is 0.246 e. The van der Waals surface area contributed by atoms with Crippen LogP contribution in [0.1, 0.15) is 44.9 Å². The smallest absolute Gasteiger partial charge is 0.246 e. The summed E-state index contributed by atoms with van der Waals surface area (Å²) in [5.41, 5.74) is 6.96. The van der Waals surface area contributed by atoms with Crippen LogP contribution < -0.4 is 11.1 Å². The van der Waals surface area contributed by atoms with Gasteiger partial charge in [-0.1, -0.05) is 24.0 Å². The molecule has 0 aliphatic heterocycles. The Balaban J connectivity index is 2.55. The van der Waals surface area contributed by atoms with E-state index in [0.29, 0.717) is 6.54 Å². The summed E-state index contributed by atoms with van der Waals surface area (Å²) in [6.45, 7) is 8.12. The minimum absolute atomic E-state index is 0.0634. The molecule has 21 heavy (non-hydrogen) atoms. The molecule has 1 aromatic rings. The topological polar surface area (TPSA) is 64.3 Å². The zero-order chi connectivity index (χ0) is 15.9. The van der Waals surface area contributed by atoms with Gasteiger partial charge >= 0.3 is 0 Å². The van der Waals surface area contributed by atoms with Gasteiger partial charge in [0.05, 0.1) is 18.2 Å². The number of amides is 1. The van der Waals surface area contributed by atoms with E-state index in [0.717, 1.165) is 11.1 Å². The van der Waals surface area contributed by atoms with Gasteiger partial charge in [-0.25, -0.2) is 0 Å². The first kappa shape index (κ1) is 17.2. The van der Waals surface area contributed by atoms with Crippen LogP contribution in [0, 0.1) is 11.8 Å². The lowest BCUT2D eigenvalue weighted by Gasteiger charge is -2.20. The summed E-state index contributed by atoms with van der Waals surface area (Å²) >= 11 is 0. The van der Waals surface area contributed by atoms with Gasteiger partial charge in [-0.3, -0.25) is 4.79 Å². The lowest BCUT2D eigenvalue weighted by Crippen LogP contribution is -2.33. The van der Waals surface area contributed by atoms with E-state index in [-0.39, 0.29) is 24.2 Å². The van der Waals surface area contributed by atoms with Crippen LogP contribution in [0.3, 0.4) is 0 Å². The van der Waals surface area contributed by atoms with Crippen molar-refractivity contribution < 1.29 is 9.53 Å². The highest BCUT2D eigenvalue weighted by Gasteiger charge is 2.14. The first-order valence-corrected chi connectivity index (χ1v) is 7.04. The summed E-state index contributed by atoms with van der Waals surface area (Å²) in [6, 6.07) is 7.68. The third kappa shape index (κ3) is 6.94. The number of nitrogens with two attached hydrogens (primary N) is 1. The fourth-order valence-corrected chi connectivity index (χ4v) is 1.66. The summed E-state index contributed by atoms with van der Waals surface area (Å²) < 4.78 is 5.45. The molecule has 0 heterocycles. The SMILES string of the molecule is CC(NC(=O)COC(C)(C)C)c1ccc(C#CCN)cc1. The van der Waals surface area contributed by atoms with Crippen molar-refractivity contribution in [3.63, 3.8) is 0 Å². The van der Waals surface area contributed by atoms with E-state index in [1.54, 1.807) is 0 Å². The van der Waals surface area contributed by atoms with E-state index in [4.69, 9.17) is 10.5 Å². The Labute approximate surface area is 127 Å². The Hall–Kier alpha value is -1.83. The summed E-state index contributed by atoms with van der Waals surface area (Å²) in [5, 5.41) is 2.91. The van der Waals surface area contributed by atoms with Gasteiger partial charge in [-0.15, -0.1) is 0 Å². The average molecular weight is 288 g/mol. The van der Waals surface area contributed by atoms with Crippen molar-refractivity contribution in [2.24, 2.45) is 5.73 Å². The van der Waals surface area contributed by atoms with Crippen LogP contribution in [0.2, 0.25) is 0 Å². The molecule has 1 atom stereocenters. The molecule has 0 saturated carbocycles. The minimum atomic E-state index is -0.316. The van der Waals surface area contributed by atoms with E-state index in [2.05, 4.69) is 17.2 Å². The summed E-state index contributed by atoms with van der Waals surface area (Å²) in [6.07, 6.45) is 0. The molecule has 1 unspecified atom stereocenters. The van der Waals surface area contributed by atoms with Gasteiger partial charge < -0.3 is 15.8 Å². The van der Waals surface area contributed by atoms with Crippen LogP contribution in [-0.4, -0.2) is 24.7 Å². The van der Waals surface area contributed by atoms with Crippen LogP contribution >= 0.6 is 0 Å². The molecule has 4 nitrogen and oxygen atoms in total. The molecule has 0 bridgehead atoms. The quantitative estimate of drug-likeness (QED) is 0.833. The number of hydrogen-bond acceptors (Lipinski definition) is 3. The van der Waals surface area contributed by atoms with Gasteiger partial charge in [0.2, 0.25) is 5.91 Å². The highest BCUT2D eigenvalue weighted by atomic mass is 16.5. The molecule has 1 amide bonds. The van der Waals surface area contributed by atoms with Crippen LogP contribution in [0.15, 0.2) is 24.3 Å². The number of rotatable bonds is 4. The Morgan fingerprint density at radius 3 is 2.48 bits per heavy atom. The Morgan fingerprint density at radius 1 is 1.33 bits per heavy atom. The molecular weight excluding hydrogens is 264 g/mol. The standard InChI is InChI=1S/C17H24N2O2/c1-13(19-16(20)12-21-17(2,3)4)15-9-7-14(8-10-15)6-5-11-18/h7-10,13H,11-12,18H2,1-4H3,(H,19,20). The van der Waals surface area contributed by atoms with Crippen molar-refractivity contribution >= 4 is 5.91 Å². The van der Waals surface area contributed by atoms with E-state index < -0.39 is 0 Å². The molecule has 4 heteroatoms. The van der Waals surface area contributed by atoms with Crippen LogP contribution in [-0.2, 0) is 9.53 Å².